The lowest BCUT2D eigenvalue weighted by Gasteiger charge is -2.06. The van der Waals surface area contributed by atoms with Crippen LogP contribution in [0.2, 0.25) is 0 Å². The lowest BCUT2D eigenvalue weighted by atomic mass is 10.2. The monoisotopic (exact) mass is 251 g/mol. The van der Waals surface area contributed by atoms with E-state index in [2.05, 4.69) is 4.74 Å². The highest BCUT2D eigenvalue weighted by atomic mass is 19.3. The van der Waals surface area contributed by atoms with Crippen LogP contribution >= 0.6 is 0 Å². The van der Waals surface area contributed by atoms with Crippen molar-refractivity contribution in [1.82, 2.24) is 0 Å². The molecule has 1 aromatic rings. The van der Waals surface area contributed by atoms with Crippen molar-refractivity contribution >= 4 is 11.7 Å². The smallest absolute Gasteiger partial charge is 0.387 e. The number of alkyl halides is 2. The fraction of sp³-hybridized carbons (Fsp3) is 0.125. The molecule has 0 aliphatic rings. The maximum atomic E-state index is 13.2. The molecule has 1 rings (SSSR count). The summed E-state index contributed by atoms with van der Waals surface area (Å²) in [4.78, 5) is 19.7. The van der Waals surface area contributed by atoms with E-state index in [1.54, 1.807) is 0 Å². The van der Waals surface area contributed by atoms with Crippen molar-refractivity contribution in [3.05, 3.63) is 33.6 Å². The van der Waals surface area contributed by atoms with Gasteiger partial charge in [0.2, 0.25) is 5.82 Å². The number of halogens is 3. The summed E-state index contributed by atoms with van der Waals surface area (Å²) >= 11 is 0. The number of hydrogen-bond acceptors (Lipinski definition) is 4. The number of carbonyl (C=O) groups is 1. The standard InChI is InChI=1S/C8H4F3NO5/c9-6-4(12(15)16)1-3(7(13)14)2-5(6)17-8(10)11/h1-2,8H,(H,13,14). The summed E-state index contributed by atoms with van der Waals surface area (Å²) < 4.78 is 40.6. The van der Waals surface area contributed by atoms with E-state index in [0.717, 1.165) is 0 Å². The minimum Gasteiger partial charge on any atom is -0.478 e. The van der Waals surface area contributed by atoms with Gasteiger partial charge in [0.05, 0.1) is 10.5 Å². The van der Waals surface area contributed by atoms with Gasteiger partial charge < -0.3 is 9.84 Å². The number of benzene rings is 1. The number of hydrogen-bond donors (Lipinski definition) is 1. The van der Waals surface area contributed by atoms with Crippen molar-refractivity contribution in [2.45, 2.75) is 6.61 Å². The molecular formula is C8H4F3NO5. The molecular weight excluding hydrogens is 247 g/mol. The third kappa shape index (κ3) is 2.83. The van der Waals surface area contributed by atoms with Gasteiger partial charge >= 0.3 is 18.3 Å². The number of carboxylic acid groups (broad SMARTS) is 1. The first kappa shape index (κ1) is 12.7. The minimum atomic E-state index is -3.42. The molecule has 1 N–H and O–H groups in total. The Balaban J connectivity index is 3.37. The Bertz CT molecular complexity index is 476. The van der Waals surface area contributed by atoms with Crippen LogP contribution in [0.15, 0.2) is 12.1 Å². The molecule has 0 amide bonds. The number of nitrogens with zero attached hydrogens (tertiary/aromatic N) is 1. The number of nitro groups is 1. The normalized spacial score (nSPS) is 10.4. The van der Waals surface area contributed by atoms with Crippen LogP contribution in [0.5, 0.6) is 5.75 Å². The molecule has 0 aliphatic carbocycles. The summed E-state index contributed by atoms with van der Waals surface area (Å²) in [6, 6.07) is 0.854. The van der Waals surface area contributed by atoms with Crippen LogP contribution in [0.3, 0.4) is 0 Å². The second-order valence-electron chi connectivity index (χ2n) is 2.75. The van der Waals surface area contributed by atoms with Crippen molar-refractivity contribution in [1.29, 1.82) is 0 Å². The maximum Gasteiger partial charge on any atom is 0.387 e. The molecule has 0 heterocycles. The molecule has 17 heavy (non-hydrogen) atoms. The highest BCUT2D eigenvalue weighted by Crippen LogP contribution is 2.29. The molecule has 92 valence electrons. The van der Waals surface area contributed by atoms with Crippen LogP contribution in [-0.2, 0) is 0 Å². The SMILES string of the molecule is O=C(O)c1cc(OC(F)F)c(F)c([N+](=O)[O-])c1. The lowest BCUT2D eigenvalue weighted by Crippen LogP contribution is -2.08. The Hall–Kier alpha value is -2.32. The predicted octanol–water partition coefficient (Wildman–Crippen LogP) is 2.03. The van der Waals surface area contributed by atoms with Crippen molar-refractivity contribution in [2.75, 3.05) is 0 Å². The molecule has 0 atom stereocenters. The van der Waals surface area contributed by atoms with Gasteiger partial charge in [0.25, 0.3) is 0 Å². The fourth-order valence-corrected chi connectivity index (χ4v) is 1.02. The predicted molar refractivity (Wildman–Crippen MR) is 46.6 cm³/mol. The van der Waals surface area contributed by atoms with Gasteiger partial charge in [-0.3, -0.25) is 10.1 Å². The second-order valence-corrected chi connectivity index (χ2v) is 2.75. The Kier molecular flexibility index (Phi) is 3.51. The third-order valence-electron chi connectivity index (χ3n) is 1.68. The van der Waals surface area contributed by atoms with E-state index >= 15 is 0 Å². The van der Waals surface area contributed by atoms with E-state index in [0.29, 0.717) is 12.1 Å². The van der Waals surface area contributed by atoms with Crippen molar-refractivity contribution in [3.63, 3.8) is 0 Å². The molecule has 9 heteroatoms. The highest BCUT2D eigenvalue weighted by Gasteiger charge is 2.24. The molecule has 0 saturated carbocycles. The van der Waals surface area contributed by atoms with Crippen LogP contribution in [0.4, 0.5) is 18.9 Å². The molecule has 0 radical (unpaired) electrons. The van der Waals surface area contributed by atoms with Crippen molar-refractivity contribution in [2.24, 2.45) is 0 Å². The summed E-state index contributed by atoms with van der Waals surface area (Å²) in [5.74, 6) is -4.47. The zero-order valence-corrected chi connectivity index (χ0v) is 7.89. The van der Waals surface area contributed by atoms with Gasteiger partial charge in [-0.1, -0.05) is 0 Å². The molecule has 0 unspecified atom stereocenters. The Labute approximate surface area is 91.4 Å². The molecule has 0 fully saturated rings. The third-order valence-corrected chi connectivity index (χ3v) is 1.68. The average Bonchev–Trinajstić information content (AvgIpc) is 2.19. The maximum absolute atomic E-state index is 13.2. The summed E-state index contributed by atoms with van der Waals surface area (Å²) in [6.45, 7) is -3.42. The number of rotatable bonds is 4. The second kappa shape index (κ2) is 4.68. The number of nitro benzene ring substituents is 1. The Morgan fingerprint density at radius 1 is 1.47 bits per heavy atom. The van der Waals surface area contributed by atoms with Gasteiger partial charge in [0.1, 0.15) is 0 Å². The van der Waals surface area contributed by atoms with Gasteiger partial charge in [-0.05, 0) is 6.07 Å². The molecule has 0 bridgehead atoms. The zero-order valence-electron chi connectivity index (χ0n) is 7.89. The molecule has 0 saturated heterocycles. The number of carboxylic acids is 1. The molecule has 0 aromatic heterocycles. The Morgan fingerprint density at radius 2 is 2.06 bits per heavy atom. The number of aromatic carboxylic acids is 1. The van der Waals surface area contributed by atoms with Gasteiger partial charge in [-0.25, -0.2) is 4.79 Å². The highest BCUT2D eigenvalue weighted by molar-refractivity contribution is 5.89. The van der Waals surface area contributed by atoms with Gasteiger partial charge in [0.15, 0.2) is 5.75 Å². The van der Waals surface area contributed by atoms with Crippen LogP contribution in [0.1, 0.15) is 10.4 Å². The topological polar surface area (TPSA) is 89.7 Å². The summed E-state index contributed by atoms with van der Waals surface area (Å²) in [6.07, 6.45) is 0. The zero-order chi connectivity index (χ0) is 13.2. The molecule has 0 spiro atoms. The molecule has 0 aliphatic heterocycles. The first-order valence-corrected chi connectivity index (χ1v) is 3.99. The first-order valence-electron chi connectivity index (χ1n) is 3.99. The average molecular weight is 251 g/mol. The van der Waals surface area contributed by atoms with E-state index < -0.39 is 40.3 Å². The first-order chi connectivity index (χ1) is 7.82. The van der Waals surface area contributed by atoms with E-state index in [9.17, 15) is 28.1 Å². The van der Waals surface area contributed by atoms with Gasteiger partial charge in [0, 0.05) is 6.07 Å². The van der Waals surface area contributed by atoms with E-state index in [1.165, 1.54) is 0 Å². The Morgan fingerprint density at radius 3 is 2.47 bits per heavy atom. The lowest BCUT2D eigenvalue weighted by molar-refractivity contribution is -0.387. The molecule has 6 nitrogen and oxygen atoms in total. The minimum absolute atomic E-state index is 0.413. The van der Waals surface area contributed by atoms with E-state index in [4.69, 9.17) is 5.11 Å². The largest absolute Gasteiger partial charge is 0.478 e. The van der Waals surface area contributed by atoms with Crippen molar-refractivity contribution in [3.8, 4) is 5.75 Å². The van der Waals surface area contributed by atoms with Crippen LogP contribution in [0, 0.1) is 15.9 Å². The van der Waals surface area contributed by atoms with Gasteiger partial charge in [-0.2, -0.15) is 13.2 Å². The van der Waals surface area contributed by atoms with Crippen LogP contribution in [-0.4, -0.2) is 22.6 Å². The summed E-state index contributed by atoms with van der Waals surface area (Å²) in [5.41, 5.74) is -1.98. The molecule has 1 aromatic carbocycles. The van der Waals surface area contributed by atoms with Crippen molar-refractivity contribution < 1.29 is 32.7 Å². The van der Waals surface area contributed by atoms with E-state index in [1.807, 2.05) is 0 Å². The van der Waals surface area contributed by atoms with Gasteiger partial charge in [-0.15, -0.1) is 0 Å². The summed E-state index contributed by atoms with van der Waals surface area (Å²) in [5, 5.41) is 18.9. The summed E-state index contributed by atoms with van der Waals surface area (Å²) in [7, 11) is 0. The quantitative estimate of drug-likeness (QED) is 0.653. The van der Waals surface area contributed by atoms with E-state index in [-0.39, 0.29) is 0 Å². The number of ether oxygens (including phenoxy) is 1. The van der Waals surface area contributed by atoms with Crippen LogP contribution in [0.25, 0.3) is 0 Å². The fourth-order valence-electron chi connectivity index (χ4n) is 1.02. The van der Waals surface area contributed by atoms with Crippen LogP contribution < -0.4 is 4.74 Å².